The lowest BCUT2D eigenvalue weighted by Gasteiger charge is -2.22. The molecule has 1 fully saturated rings. The molecule has 0 atom stereocenters. The lowest BCUT2D eigenvalue weighted by atomic mass is 10.3. The van der Waals surface area contributed by atoms with E-state index in [4.69, 9.17) is 16.7 Å². The number of carbonyl (C=O) groups is 1. The van der Waals surface area contributed by atoms with E-state index in [-0.39, 0.29) is 12.6 Å². The van der Waals surface area contributed by atoms with Crippen LogP contribution < -0.4 is 5.32 Å². The van der Waals surface area contributed by atoms with Gasteiger partial charge in [0.25, 0.3) is 0 Å². The number of nitrogens with zero attached hydrogens (tertiary/aromatic N) is 2. The first-order chi connectivity index (χ1) is 9.61. The van der Waals surface area contributed by atoms with Crippen molar-refractivity contribution in [1.82, 2.24) is 9.88 Å². The summed E-state index contributed by atoms with van der Waals surface area (Å²) < 4.78 is 0. The summed E-state index contributed by atoms with van der Waals surface area (Å²) in [6.07, 6.45) is 5.22. The summed E-state index contributed by atoms with van der Waals surface area (Å²) in [4.78, 5) is 18.1. The van der Waals surface area contributed by atoms with Gasteiger partial charge in [0.2, 0.25) is 0 Å². The van der Waals surface area contributed by atoms with Gasteiger partial charge in [-0.05, 0) is 44.2 Å². The highest BCUT2D eigenvalue weighted by atomic mass is 35.5. The molecule has 0 bridgehead atoms. The summed E-state index contributed by atoms with van der Waals surface area (Å²) >= 11 is 5.87. The largest absolute Gasteiger partial charge is 0.396 e. The van der Waals surface area contributed by atoms with Gasteiger partial charge in [0.15, 0.2) is 0 Å². The van der Waals surface area contributed by atoms with Gasteiger partial charge in [-0.1, -0.05) is 11.6 Å². The molecular weight excluding hydrogens is 278 g/mol. The Morgan fingerprint density at radius 2 is 2.30 bits per heavy atom. The van der Waals surface area contributed by atoms with Crippen LogP contribution in [0.25, 0.3) is 0 Å². The SMILES string of the molecule is Cc1cc(NC(=O)N(CCCCO)C2CC2)cnc1Cl. The molecule has 1 aromatic rings. The third-order valence-electron chi connectivity index (χ3n) is 3.32. The first kappa shape index (κ1) is 15.1. The van der Waals surface area contributed by atoms with E-state index >= 15 is 0 Å². The average molecular weight is 298 g/mol. The summed E-state index contributed by atoms with van der Waals surface area (Å²) in [5, 5.41) is 12.1. The normalized spacial score (nSPS) is 14.2. The minimum absolute atomic E-state index is 0.103. The molecule has 1 saturated carbocycles. The van der Waals surface area contributed by atoms with E-state index in [1.54, 1.807) is 6.20 Å². The van der Waals surface area contributed by atoms with Gasteiger partial charge in [-0.3, -0.25) is 0 Å². The predicted octanol–water partition coefficient (Wildman–Crippen LogP) is 2.81. The van der Waals surface area contributed by atoms with E-state index in [0.29, 0.717) is 23.4 Å². The molecule has 1 heterocycles. The van der Waals surface area contributed by atoms with Crippen LogP contribution in [0.5, 0.6) is 0 Å². The molecular formula is C14H20ClN3O2. The van der Waals surface area contributed by atoms with E-state index in [1.165, 1.54) is 0 Å². The predicted molar refractivity (Wildman–Crippen MR) is 79.1 cm³/mol. The van der Waals surface area contributed by atoms with Crippen LogP contribution in [0.3, 0.4) is 0 Å². The molecule has 110 valence electrons. The van der Waals surface area contributed by atoms with Gasteiger partial charge in [0.1, 0.15) is 5.15 Å². The van der Waals surface area contributed by atoms with E-state index in [2.05, 4.69) is 10.3 Å². The Hall–Kier alpha value is -1.33. The quantitative estimate of drug-likeness (QED) is 0.627. The van der Waals surface area contributed by atoms with E-state index < -0.39 is 0 Å². The Kier molecular flexibility index (Phi) is 5.20. The Labute approximate surface area is 123 Å². The van der Waals surface area contributed by atoms with Gasteiger partial charge in [0.05, 0.1) is 11.9 Å². The summed E-state index contributed by atoms with van der Waals surface area (Å²) in [5.41, 5.74) is 1.49. The van der Waals surface area contributed by atoms with Gasteiger partial charge >= 0.3 is 6.03 Å². The molecule has 2 rings (SSSR count). The molecule has 0 unspecified atom stereocenters. The van der Waals surface area contributed by atoms with E-state index in [0.717, 1.165) is 31.2 Å². The second-order valence-electron chi connectivity index (χ2n) is 5.12. The summed E-state index contributed by atoms with van der Waals surface area (Å²) in [5.74, 6) is 0. The Morgan fingerprint density at radius 3 is 2.90 bits per heavy atom. The van der Waals surface area contributed by atoms with Crippen LogP contribution in [-0.4, -0.2) is 40.2 Å². The summed E-state index contributed by atoms with van der Waals surface area (Å²) in [6, 6.07) is 2.05. The maximum Gasteiger partial charge on any atom is 0.322 e. The minimum atomic E-state index is -0.103. The molecule has 0 radical (unpaired) electrons. The van der Waals surface area contributed by atoms with Crippen molar-refractivity contribution in [1.29, 1.82) is 0 Å². The Balaban J connectivity index is 1.95. The maximum absolute atomic E-state index is 12.3. The number of halogens is 1. The lowest BCUT2D eigenvalue weighted by Crippen LogP contribution is -2.37. The van der Waals surface area contributed by atoms with Crippen LogP contribution in [0.2, 0.25) is 5.15 Å². The van der Waals surface area contributed by atoms with Crippen LogP contribution >= 0.6 is 11.6 Å². The number of hydrogen-bond acceptors (Lipinski definition) is 3. The Morgan fingerprint density at radius 1 is 1.55 bits per heavy atom. The number of anilines is 1. The number of amides is 2. The highest BCUT2D eigenvalue weighted by molar-refractivity contribution is 6.30. The van der Waals surface area contributed by atoms with Crippen LogP contribution in [0.15, 0.2) is 12.3 Å². The third kappa shape index (κ3) is 4.08. The first-order valence-corrected chi connectivity index (χ1v) is 7.30. The number of carbonyl (C=O) groups excluding carboxylic acids is 1. The monoisotopic (exact) mass is 297 g/mol. The number of rotatable bonds is 6. The molecule has 0 aromatic carbocycles. The molecule has 20 heavy (non-hydrogen) atoms. The second-order valence-corrected chi connectivity index (χ2v) is 5.48. The molecule has 6 heteroatoms. The fourth-order valence-corrected chi connectivity index (χ4v) is 2.16. The third-order valence-corrected chi connectivity index (χ3v) is 3.72. The number of aliphatic hydroxyl groups excluding tert-OH is 1. The van der Waals surface area contributed by atoms with Crippen LogP contribution in [0.4, 0.5) is 10.5 Å². The zero-order chi connectivity index (χ0) is 14.5. The Bertz CT molecular complexity index is 477. The smallest absolute Gasteiger partial charge is 0.322 e. The summed E-state index contributed by atoms with van der Waals surface area (Å²) in [7, 11) is 0. The molecule has 1 aliphatic rings. The molecule has 1 aromatic heterocycles. The topological polar surface area (TPSA) is 65.5 Å². The molecule has 0 spiro atoms. The number of hydrogen-bond donors (Lipinski definition) is 2. The van der Waals surface area contributed by atoms with Gasteiger partial charge in [-0.15, -0.1) is 0 Å². The zero-order valence-electron chi connectivity index (χ0n) is 11.6. The van der Waals surface area contributed by atoms with Crippen molar-refractivity contribution >= 4 is 23.3 Å². The number of nitrogens with one attached hydrogen (secondary N) is 1. The number of aryl methyl sites for hydroxylation is 1. The van der Waals surface area contributed by atoms with Crippen molar-refractivity contribution in [3.05, 3.63) is 23.0 Å². The number of aliphatic hydroxyl groups is 1. The fourth-order valence-electron chi connectivity index (χ4n) is 2.05. The number of urea groups is 1. The van der Waals surface area contributed by atoms with Crippen molar-refractivity contribution in [2.24, 2.45) is 0 Å². The first-order valence-electron chi connectivity index (χ1n) is 6.92. The lowest BCUT2D eigenvalue weighted by molar-refractivity contribution is 0.204. The van der Waals surface area contributed by atoms with Crippen molar-refractivity contribution in [3.63, 3.8) is 0 Å². The summed E-state index contributed by atoms with van der Waals surface area (Å²) in [6.45, 7) is 2.70. The molecule has 0 saturated heterocycles. The highest BCUT2D eigenvalue weighted by Crippen LogP contribution is 2.28. The van der Waals surface area contributed by atoms with Crippen molar-refractivity contribution in [2.75, 3.05) is 18.5 Å². The number of unbranched alkanes of at least 4 members (excludes halogenated alkanes) is 1. The van der Waals surface area contributed by atoms with Crippen LogP contribution in [0, 0.1) is 6.92 Å². The van der Waals surface area contributed by atoms with Crippen molar-refractivity contribution < 1.29 is 9.90 Å². The number of pyridine rings is 1. The molecule has 2 N–H and O–H groups in total. The maximum atomic E-state index is 12.3. The second kappa shape index (κ2) is 6.90. The van der Waals surface area contributed by atoms with Gasteiger partial charge in [0, 0.05) is 19.2 Å². The molecule has 2 amide bonds. The molecule has 1 aliphatic carbocycles. The standard InChI is InChI=1S/C14H20ClN3O2/c1-10-8-11(9-16-13(10)15)17-14(20)18(12-4-5-12)6-2-3-7-19/h8-9,12,19H,2-7H2,1H3,(H,17,20). The van der Waals surface area contributed by atoms with Crippen LogP contribution in [0.1, 0.15) is 31.2 Å². The van der Waals surface area contributed by atoms with Crippen molar-refractivity contribution in [3.8, 4) is 0 Å². The van der Waals surface area contributed by atoms with Crippen LogP contribution in [-0.2, 0) is 0 Å². The number of aromatic nitrogens is 1. The molecule has 0 aliphatic heterocycles. The van der Waals surface area contributed by atoms with Crippen molar-refractivity contribution in [2.45, 2.75) is 38.6 Å². The van der Waals surface area contributed by atoms with Gasteiger partial charge in [-0.2, -0.15) is 0 Å². The van der Waals surface area contributed by atoms with E-state index in [1.807, 2.05) is 17.9 Å². The average Bonchev–Trinajstić information content (AvgIpc) is 3.23. The molecule has 5 nitrogen and oxygen atoms in total. The van der Waals surface area contributed by atoms with Gasteiger partial charge < -0.3 is 15.3 Å². The fraction of sp³-hybridized carbons (Fsp3) is 0.571. The minimum Gasteiger partial charge on any atom is -0.396 e. The van der Waals surface area contributed by atoms with E-state index in [9.17, 15) is 4.79 Å². The zero-order valence-corrected chi connectivity index (χ0v) is 12.4. The van der Waals surface area contributed by atoms with Gasteiger partial charge in [-0.25, -0.2) is 9.78 Å². The highest BCUT2D eigenvalue weighted by Gasteiger charge is 2.32.